The first-order chi connectivity index (χ1) is 12.1. The fourth-order valence-electron chi connectivity index (χ4n) is 2.70. The number of carbonyl (C=O) groups is 2. The molecule has 1 aliphatic heterocycles. The topological polar surface area (TPSA) is 75.6 Å². The molecule has 1 aromatic carbocycles. The molecule has 1 saturated heterocycles. The SMILES string of the molecule is COc1ccc(F)cc1C(=O)N1CCN(C(=O)c2cnccn2)CC1. The number of carbonyl (C=O) groups excluding carboxylic acids is 2. The van der Waals surface area contributed by atoms with E-state index in [1.165, 1.54) is 37.8 Å². The summed E-state index contributed by atoms with van der Waals surface area (Å²) in [4.78, 5) is 36.1. The molecule has 0 spiro atoms. The number of hydrogen-bond donors (Lipinski definition) is 0. The molecule has 25 heavy (non-hydrogen) atoms. The Hall–Kier alpha value is -3.03. The molecule has 0 unspecified atom stereocenters. The molecule has 0 aliphatic carbocycles. The lowest BCUT2D eigenvalue weighted by Gasteiger charge is -2.34. The van der Waals surface area contributed by atoms with Crippen LogP contribution in [-0.4, -0.2) is 64.9 Å². The summed E-state index contributed by atoms with van der Waals surface area (Å²) in [5.74, 6) is -0.712. The highest BCUT2D eigenvalue weighted by Crippen LogP contribution is 2.22. The number of benzene rings is 1. The molecule has 8 heteroatoms. The van der Waals surface area contributed by atoms with Crippen molar-refractivity contribution in [3.63, 3.8) is 0 Å². The Morgan fingerprint density at radius 2 is 1.76 bits per heavy atom. The second kappa shape index (κ2) is 7.25. The predicted molar refractivity (Wildman–Crippen MR) is 86.8 cm³/mol. The van der Waals surface area contributed by atoms with Gasteiger partial charge in [0.15, 0.2) is 0 Å². The molecule has 3 rings (SSSR count). The summed E-state index contributed by atoms with van der Waals surface area (Å²) in [6, 6.07) is 3.84. The average molecular weight is 344 g/mol. The summed E-state index contributed by atoms with van der Waals surface area (Å²) in [7, 11) is 1.43. The summed E-state index contributed by atoms with van der Waals surface area (Å²) < 4.78 is 18.6. The Kier molecular flexibility index (Phi) is 4.87. The number of nitrogens with zero attached hydrogens (tertiary/aromatic N) is 4. The van der Waals surface area contributed by atoms with Gasteiger partial charge in [0.1, 0.15) is 17.3 Å². The van der Waals surface area contributed by atoms with E-state index in [2.05, 4.69) is 9.97 Å². The summed E-state index contributed by atoms with van der Waals surface area (Å²) in [6.45, 7) is 1.45. The van der Waals surface area contributed by atoms with E-state index in [-0.39, 0.29) is 23.1 Å². The highest BCUT2D eigenvalue weighted by atomic mass is 19.1. The van der Waals surface area contributed by atoms with Crippen LogP contribution in [0.25, 0.3) is 0 Å². The Labute approximate surface area is 144 Å². The lowest BCUT2D eigenvalue weighted by atomic mass is 10.1. The zero-order valence-corrected chi connectivity index (χ0v) is 13.7. The van der Waals surface area contributed by atoms with E-state index in [1.807, 2.05) is 0 Å². The fourth-order valence-corrected chi connectivity index (χ4v) is 2.70. The second-order valence-electron chi connectivity index (χ2n) is 5.52. The van der Waals surface area contributed by atoms with Crippen molar-refractivity contribution in [3.8, 4) is 5.75 Å². The summed E-state index contributed by atoms with van der Waals surface area (Å²) >= 11 is 0. The van der Waals surface area contributed by atoms with Gasteiger partial charge in [-0.3, -0.25) is 14.6 Å². The molecule has 0 N–H and O–H groups in total. The van der Waals surface area contributed by atoms with Gasteiger partial charge in [-0.15, -0.1) is 0 Å². The number of methoxy groups -OCH3 is 1. The van der Waals surface area contributed by atoms with Gasteiger partial charge in [0.2, 0.25) is 0 Å². The lowest BCUT2D eigenvalue weighted by Crippen LogP contribution is -2.50. The average Bonchev–Trinajstić information content (AvgIpc) is 2.67. The molecule has 2 aromatic rings. The van der Waals surface area contributed by atoms with Gasteiger partial charge in [-0.05, 0) is 18.2 Å². The highest BCUT2D eigenvalue weighted by Gasteiger charge is 2.27. The van der Waals surface area contributed by atoms with E-state index in [9.17, 15) is 14.0 Å². The molecule has 0 saturated carbocycles. The zero-order chi connectivity index (χ0) is 17.8. The van der Waals surface area contributed by atoms with Crippen molar-refractivity contribution in [2.24, 2.45) is 0 Å². The summed E-state index contributed by atoms with van der Waals surface area (Å²) in [5.41, 5.74) is 0.449. The van der Waals surface area contributed by atoms with Crippen molar-refractivity contribution >= 4 is 11.8 Å². The maximum Gasteiger partial charge on any atom is 0.274 e. The highest BCUT2D eigenvalue weighted by molar-refractivity contribution is 5.97. The van der Waals surface area contributed by atoms with E-state index in [0.29, 0.717) is 31.9 Å². The number of aromatic nitrogens is 2. The number of halogens is 1. The van der Waals surface area contributed by atoms with Gasteiger partial charge in [0, 0.05) is 38.6 Å². The van der Waals surface area contributed by atoms with Crippen LogP contribution in [0.3, 0.4) is 0 Å². The van der Waals surface area contributed by atoms with Crippen molar-refractivity contribution < 1.29 is 18.7 Å². The van der Waals surface area contributed by atoms with E-state index in [1.54, 1.807) is 9.80 Å². The van der Waals surface area contributed by atoms with Gasteiger partial charge < -0.3 is 14.5 Å². The fraction of sp³-hybridized carbons (Fsp3) is 0.294. The third-order valence-electron chi connectivity index (χ3n) is 4.03. The van der Waals surface area contributed by atoms with Crippen LogP contribution in [0.2, 0.25) is 0 Å². The van der Waals surface area contributed by atoms with Crippen LogP contribution >= 0.6 is 0 Å². The quantitative estimate of drug-likeness (QED) is 0.837. The second-order valence-corrected chi connectivity index (χ2v) is 5.52. The van der Waals surface area contributed by atoms with Crippen molar-refractivity contribution in [1.82, 2.24) is 19.8 Å². The van der Waals surface area contributed by atoms with Gasteiger partial charge in [-0.1, -0.05) is 0 Å². The van der Waals surface area contributed by atoms with Crippen LogP contribution in [0.4, 0.5) is 4.39 Å². The zero-order valence-electron chi connectivity index (χ0n) is 13.7. The molecule has 2 heterocycles. The normalized spacial score (nSPS) is 14.3. The van der Waals surface area contributed by atoms with Gasteiger partial charge in [0.25, 0.3) is 11.8 Å². The first kappa shape index (κ1) is 16.8. The summed E-state index contributed by atoms with van der Waals surface area (Å²) in [5, 5.41) is 0. The van der Waals surface area contributed by atoms with Gasteiger partial charge >= 0.3 is 0 Å². The molecule has 130 valence electrons. The molecule has 1 aliphatic rings. The predicted octanol–water partition coefficient (Wildman–Crippen LogP) is 1.22. The molecular weight excluding hydrogens is 327 g/mol. The minimum absolute atomic E-state index is 0.177. The van der Waals surface area contributed by atoms with Crippen molar-refractivity contribution in [1.29, 1.82) is 0 Å². The number of piperazine rings is 1. The van der Waals surface area contributed by atoms with E-state index in [4.69, 9.17) is 4.74 Å². The molecule has 0 radical (unpaired) electrons. The first-order valence-electron chi connectivity index (χ1n) is 7.78. The van der Waals surface area contributed by atoms with E-state index < -0.39 is 5.82 Å². The van der Waals surface area contributed by atoms with Crippen LogP contribution < -0.4 is 4.74 Å². The largest absolute Gasteiger partial charge is 0.496 e. The van der Waals surface area contributed by atoms with E-state index in [0.717, 1.165) is 6.07 Å². The molecular formula is C17H17FN4O3. The standard InChI is InChI=1S/C17H17FN4O3/c1-25-15-3-2-12(18)10-13(15)16(23)21-6-8-22(9-7-21)17(24)14-11-19-4-5-20-14/h2-5,10-11H,6-9H2,1H3. The van der Waals surface area contributed by atoms with Crippen LogP contribution in [-0.2, 0) is 0 Å². The van der Waals surface area contributed by atoms with Crippen LogP contribution in [0, 0.1) is 5.82 Å². The van der Waals surface area contributed by atoms with Gasteiger partial charge in [-0.25, -0.2) is 9.37 Å². The van der Waals surface area contributed by atoms with Crippen molar-refractivity contribution in [3.05, 3.63) is 53.9 Å². The Bertz CT molecular complexity index is 777. The Balaban J connectivity index is 1.67. The molecule has 1 fully saturated rings. The van der Waals surface area contributed by atoms with E-state index >= 15 is 0 Å². The van der Waals surface area contributed by atoms with Crippen LogP contribution in [0.5, 0.6) is 5.75 Å². The Morgan fingerprint density at radius 1 is 1.08 bits per heavy atom. The van der Waals surface area contributed by atoms with Gasteiger partial charge in [0.05, 0.1) is 18.9 Å². The lowest BCUT2D eigenvalue weighted by molar-refractivity contribution is 0.0530. The van der Waals surface area contributed by atoms with Crippen LogP contribution in [0.15, 0.2) is 36.8 Å². The van der Waals surface area contributed by atoms with Gasteiger partial charge in [-0.2, -0.15) is 0 Å². The maximum absolute atomic E-state index is 13.5. The molecule has 1 aromatic heterocycles. The number of hydrogen-bond acceptors (Lipinski definition) is 5. The number of amides is 2. The molecule has 7 nitrogen and oxygen atoms in total. The van der Waals surface area contributed by atoms with Crippen LogP contribution in [0.1, 0.15) is 20.8 Å². The third-order valence-corrected chi connectivity index (χ3v) is 4.03. The van der Waals surface area contributed by atoms with Crippen molar-refractivity contribution in [2.75, 3.05) is 33.3 Å². The Morgan fingerprint density at radius 3 is 2.36 bits per heavy atom. The monoisotopic (exact) mass is 344 g/mol. The minimum atomic E-state index is -0.499. The molecule has 0 bridgehead atoms. The third kappa shape index (κ3) is 3.57. The number of rotatable bonds is 3. The molecule has 0 atom stereocenters. The maximum atomic E-state index is 13.5. The summed E-state index contributed by atoms with van der Waals surface area (Å²) in [6.07, 6.45) is 4.38. The first-order valence-corrected chi connectivity index (χ1v) is 7.78. The number of ether oxygens (including phenoxy) is 1. The smallest absolute Gasteiger partial charge is 0.274 e. The molecule has 2 amide bonds. The minimum Gasteiger partial charge on any atom is -0.496 e. The van der Waals surface area contributed by atoms with Crippen molar-refractivity contribution in [2.45, 2.75) is 0 Å².